The van der Waals surface area contributed by atoms with Crippen LogP contribution < -0.4 is 10.6 Å². The van der Waals surface area contributed by atoms with Crippen LogP contribution in [0.4, 0.5) is 4.79 Å². The number of hydrogen-bond donors (Lipinski definition) is 3. The average Bonchev–Trinajstić information content (AvgIpc) is 2.87. The summed E-state index contributed by atoms with van der Waals surface area (Å²) in [6.07, 6.45) is 6.20. The smallest absolute Gasteiger partial charge is 0.332 e. The van der Waals surface area contributed by atoms with E-state index in [1.54, 1.807) is 0 Å². The monoisotopic (exact) mass is 284 g/mol. The van der Waals surface area contributed by atoms with E-state index in [1.807, 2.05) is 0 Å². The number of nitrogens with one attached hydrogen (secondary N) is 2. The molecule has 2 amide bonds. The molecule has 1 atom stereocenters. The lowest BCUT2D eigenvalue weighted by molar-refractivity contribution is -0.144. The molecular weight excluding hydrogens is 260 g/mol. The summed E-state index contributed by atoms with van der Waals surface area (Å²) in [5.74, 6) is -1.03. The third-order valence-electron chi connectivity index (χ3n) is 4.52. The van der Waals surface area contributed by atoms with Crippen LogP contribution in [0.25, 0.3) is 0 Å². The first kappa shape index (κ1) is 15.1. The number of carbonyl (C=O) groups excluding carboxylic acids is 1. The fourth-order valence-corrected chi connectivity index (χ4v) is 3.02. The molecule has 0 aromatic carbocycles. The van der Waals surface area contributed by atoms with E-state index in [-0.39, 0.29) is 12.0 Å². The molecule has 1 unspecified atom stereocenters. The first-order chi connectivity index (χ1) is 9.46. The Morgan fingerprint density at radius 3 is 2.45 bits per heavy atom. The van der Waals surface area contributed by atoms with Crippen molar-refractivity contribution >= 4 is 12.0 Å². The van der Waals surface area contributed by atoms with Gasteiger partial charge < -0.3 is 20.5 Å². The van der Waals surface area contributed by atoms with Crippen LogP contribution in [0.15, 0.2) is 0 Å². The third kappa shape index (κ3) is 3.42. The first-order valence-corrected chi connectivity index (χ1v) is 7.33. The molecule has 3 N–H and O–H groups in total. The Bertz CT molecular complexity index is 371. The van der Waals surface area contributed by atoms with E-state index >= 15 is 0 Å². The van der Waals surface area contributed by atoms with Crippen molar-refractivity contribution in [3.8, 4) is 0 Å². The number of ether oxygens (including phenoxy) is 1. The SMILES string of the molecule is CC1(CNC(=O)NC2(C(=O)O)CCOC2)CCCCC1. The van der Waals surface area contributed by atoms with Crippen molar-refractivity contribution in [3.05, 3.63) is 0 Å². The average molecular weight is 284 g/mol. The van der Waals surface area contributed by atoms with E-state index in [1.165, 1.54) is 19.3 Å². The maximum absolute atomic E-state index is 12.0. The zero-order chi connectivity index (χ0) is 14.6. The molecule has 20 heavy (non-hydrogen) atoms. The highest BCUT2D eigenvalue weighted by atomic mass is 16.5. The second kappa shape index (κ2) is 5.99. The molecule has 1 saturated carbocycles. The summed E-state index contributed by atoms with van der Waals surface area (Å²) in [5, 5.41) is 14.7. The van der Waals surface area contributed by atoms with Crippen LogP contribution in [0.3, 0.4) is 0 Å². The maximum Gasteiger partial charge on any atom is 0.332 e. The van der Waals surface area contributed by atoms with E-state index in [2.05, 4.69) is 17.6 Å². The van der Waals surface area contributed by atoms with Gasteiger partial charge in [-0.3, -0.25) is 0 Å². The van der Waals surface area contributed by atoms with Gasteiger partial charge in [0.2, 0.25) is 0 Å². The lowest BCUT2D eigenvalue weighted by atomic mass is 9.76. The minimum Gasteiger partial charge on any atom is -0.479 e. The van der Waals surface area contributed by atoms with Gasteiger partial charge in [0.15, 0.2) is 5.54 Å². The van der Waals surface area contributed by atoms with Gasteiger partial charge in [-0.25, -0.2) is 9.59 Å². The van der Waals surface area contributed by atoms with Gasteiger partial charge in [0.1, 0.15) is 0 Å². The summed E-state index contributed by atoms with van der Waals surface area (Å²) >= 11 is 0. The molecule has 0 bridgehead atoms. The predicted octanol–water partition coefficient (Wildman–Crippen LogP) is 1.50. The minimum absolute atomic E-state index is 0.0347. The van der Waals surface area contributed by atoms with Crippen molar-refractivity contribution in [2.45, 2.75) is 51.0 Å². The van der Waals surface area contributed by atoms with Crippen molar-refractivity contribution in [2.24, 2.45) is 5.41 Å². The van der Waals surface area contributed by atoms with E-state index in [0.29, 0.717) is 19.6 Å². The molecule has 0 aromatic rings. The molecule has 6 heteroatoms. The maximum atomic E-state index is 12.0. The highest BCUT2D eigenvalue weighted by Gasteiger charge is 2.44. The van der Waals surface area contributed by atoms with Crippen molar-refractivity contribution in [2.75, 3.05) is 19.8 Å². The van der Waals surface area contributed by atoms with Crippen molar-refractivity contribution in [1.82, 2.24) is 10.6 Å². The Hall–Kier alpha value is -1.30. The Balaban J connectivity index is 1.84. The van der Waals surface area contributed by atoms with Gasteiger partial charge in [0, 0.05) is 19.6 Å². The number of urea groups is 1. The molecular formula is C14H24N2O4. The fraction of sp³-hybridized carbons (Fsp3) is 0.857. The number of carboxylic acid groups (broad SMARTS) is 1. The summed E-state index contributed by atoms with van der Waals surface area (Å²) < 4.78 is 5.11. The molecule has 1 aliphatic heterocycles. The minimum atomic E-state index is -1.27. The van der Waals surface area contributed by atoms with E-state index < -0.39 is 17.5 Å². The quantitative estimate of drug-likeness (QED) is 0.730. The summed E-state index contributed by atoms with van der Waals surface area (Å²) in [6, 6.07) is -0.412. The van der Waals surface area contributed by atoms with Gasteiger partial charge in [0.05, 0.1) is 6.61 Å². The summed E-state index contributed by atoms with van der Waals surface area (Å²) in [5.41, 5.74) is -1.13. The Kier molecular flexibility index (Phi) is 4.52. The molecule has 2 fully saturated rings. The van der Waals surface area contributed by atoms with Crippen molar-refractivity contribution in [3.63, 3.8) is 0 Å². The van der Waals surface area contributed by atoms with Crippen LogP contribution in [-0.4, -0.2) is 42.4 Å². The number of amides is 2. The molecule has 1 saturated heterocycles. The second-order valence-corrected chi connectivity index (χ2v) is 6.37. The van der Waals surface area contributed by atoms with E-state index in [0.717, 1.165) is 12.8 Å². The summed E-state index contributed by atoms with van der Waals surface area (Å²) in [7, 11) is 0. The lowest BCUT2D eigenvalue weighted by Gasteiger charge is -2.34. The van der Waals surface area contributed by atoms with Crippen LogP contribution in [0, 0.1) is 5.41 Å². The van der Waals surface area contributed by atoms with E-state index in [4.69, 9.17) is 4.74 Å². The largest absolute Gasteiger partial charge is 0.479 e. The standard InChI is InChI=1S/C14H24N2O4/c1-13(5-3-2-4-6-13)9-15-12(19)16-14(11(17)18)7-8-20-10-14/h2-10H2,1H3,(H,17,18)(H2,15,16,19). The van der Waals surface area contributed by atoms with Gasteiger partial charge in [-0.2, -0.15) is 0 Å². The Labute approximate surface area is 119 Å². The number of rotatable bonds is 4. The predicted molar refractivity (Wildman–Crippen MR) is 73.5 cm³/mol. The normalized spacial score (nSPS) is 28.9. The topological polar surface area (TPSA) is 87.7 Å². The highest BCUT2D eigenvalue weighted by molar-refractivity contribution is 5.86. The van der Waals surface area contributed by atoms with Crippen LogP contribution in [0.2, 0.25) is 0 Å². The Morgan fingerprint density at radius 1 is 1.20 bits per heavy atom. The molecule has 2 rings (SSSR count). The molecule has 1 heterocycles. The molecule has 6 nitrogen and oxygen atoms in total. The second-order valence-electron chi connectivity index (χ2n) is 6.37. The number of hydrogen-bond acceptors (Lipinski definition) is 3. The molecule has 114 valence electrons. The number of aliphatic carboxylic acids is 1. The lowest BCUT2D eigenvalue weighted by Crippen LogP contribution is -2.58. The zero-order valence-corrected chi connectivity index (χ0v) is 12.0. The van der Waals surface area contributed by atoms with Gasteiger partial charge in [-0.15, -0.1) is 0 Å². The molecule has 0 aromatic heterocycles. The van der Waals surface area contributed by atoms with Gasteiger partial charge in [0.25, 0.3) is 0 Å². The van der Waals surface area contributed by atoms with Gasteiger partial charge >= 0.3 is 12.0 Å². The van der Waals surface area contributed by atoms with Crippen LogP contribution >= 0.6 is 0 Å². The van der Waals surface area contributed by atoms with Crippen LogP contribution in [-0.2, 0) is 9.53 Å². The van der Waals surface area contributed by atoms with Gasteiger partial charge in [-0.1, -0.05) is 26.2 Å². The molecule has 0 spiro atoms. The first-order valence-electron chi connectivity index (χ1n) is 7.33. The van der Waals surface area contributed by atoms with Crippen LogP contribution in [0.5, 0.6) is 0 Å². The third-order valence-corrected chi connectivity index (χ3v) is 4.52. The molecule has 0 radical (unpaired) electrons. The zero-order valence-electron chi connectivity index (χ0n) is 12.0. The highest BCUT2D eigenvalue weighted by Crippen LogP contribution is 2.34. The van der Waals surface area contributed by atoms with Crippen LogP contribution in [0.1, 0.15) is 45.4 Å². The number of carboxylic acids is 1. The van der Waals surface area contributed by atoms with E-state index in [9.17, 15) is 14.7 Å². The number of carbonyl (C=O) groups is 2. The molecule has 2 aliphatic rings. The van der Waals surface area contributed by atoms with Gasteiger partial charge in [-0.05, 0) is 18.3 Å². The Morgan fingerprint density at radius 2 is 1.90 bits per heavy atom. The summed E-state index contributed by atoms with van der Waals surface area (Å²) in [4.78, 5) is 23.3. The molecule has 1 aliphatic carbocycles. The summed E-state index contributed by atoms with van der Waals surface area (Å²) in [6.45, 7) is 3.17. The van der Waals surface area contributed by atoms with Crippen molar-refractivity contribution < 1.29 is 19.4 Å². The fourth-order valence-electron chi connectivity index (χ4n) is 3.02. The van der Waals surface area contributed by atoms with Crippen molar-refractivity contribution in [1.29, 1.82) is 0 Å².